The first-order valence-electron chi connectivity index (χ1n) is 9.03. The van der Waals surface area contributed by atoms with Crippen LogP contribution in [0.3, 0.4) is 0 Å². The summed E-state index contributed by atoms with van der Waals surface area (Å²) < 4.78 is 1.06. The summed E-state index contributed by atoms with van der Waals surface area (Å²) in [7, 11) is 0. The van der Waals surface area contributed by atoms with E-state index in [9.17, 15) is 4.79 Å². The highest BCUT2D eigenvalue weighted by molar-refractivity contribution is 7.16. The fraction of sp³-hybridized carbons (Fsp3) is 0.316. The van der Waals surface area contributed by atoms with Gasteiger partial charge in [-0.05, 0) is 43.2 Å². The molecule has 7 nitrogen and oxygen atoms in total. The molecule has 0 aliphatic heterocycles. The number of primary amides is 1. The summed E-state index contributed by atoms with van der Waals surface area (Å²) in [6.07, 6.45) is 4.35. The fourth-order valence-electron chi connectivity index (χ4n) is 3.43. The predicted molar refractivity (Wildman–Crippen MR) is 110 cm³/mol. The predicted octanol–water partition coefficient (Wildman–Crippen LogP) is 3.22. The largest absolute Gasteiger partial charge is 0.366 e. The van der Waals surface area contributed by atoms with Gasteiger partial charge < -0.3 is 22.1 Å². The molecule has 1 fully saturated rings. The van der Waals surface area contributed by atoms with Crippen molar-refractivity contribution in [1.82, 2.24) is 9.97 Å². The van der Waals surface area contributed by atoms with Crippen molar-refractivity contribution in [2.24, 2.45) is 11.5 Å². The molecule has 6 N–H and O–H groups in total. The third kappa shape index (κ3) is 3.86. The molecule has 0 radical (unpaired) electrons. The molecule has 140 valence electrons. The van der Waals surface area contributed by atoms with E-state index in [1.807, 2.05) is 18.2 Å². The molecule has 4 rings (SSSR count). The maximum atomic E-state index is 11.8. The van der Waals surface area contributed by atoms with Crippen LogP contribution in [0.1, 0.15) is 36.0 Å². The van der Waals surface area contributed by atoms with E-state index < -0.39 is 5.91 Å². The van der Waals surface area contributed by atoms with Crippen molar-refractivity contribution >= 4 is 44.8 Å². The van der Waals surface area contributed by atoms with Gasteiger partial charge in [-0.3, -0.25) is 4.79 Å². The van der Waals surface area contributed by atoms with E-state index in [2.05, 4.69) is 20.6 Å². The molecule has 1 amide bonds. The Kier molecular flexibility index (Phi) is 4.91. The molecule has 8 heteroatoms. The number of hydrogen-bond acceptors (Lipinski definition) is 7. The lowest BCUT2D eigenvalue weighted by atomic mass is 9.91. The van der Waals surface area contributed by atoms with Crippen LogP contribution in [0.4, 0.5) is 17.3 Å². The SMILES string of the molecule is NC(=O)c1ccc(N[C@@H]2CCCC[C@@H]2N)nc1Nc1ccc2ncsc2c1. The number of fused-ring (bicyclic) bond motifs is 1. The second-order valence-corrected chi connectivity index (χ2v) is 7.70. The number of carbonyl (C=O) groups is 1. The van der Waals surface area contributed by atoms with E-state index in [4.69, 9.17) is 11.5 Å². The van der Waals surface area contributed by atoms with Crippen LogP contribution in [0.25, 0.3) is 10.2 Å². The van der Waals surface area contributed by atoms with Crippen molar-refractivity contribution in [2.75, 3.05) is 10.6 Å². The van der Waals surface area contributed by atoms with E-state index in [0.717, 1.165) is 35.2 Å². The van der Waals surface area contributed by atoms with E-state index in [0.29, 0.717) is 17.2 Å². The number of amides is 1. The highest BCUT2D eigenvalue weighted by Gasteiger charge is 2.22. The van der Waals surface area contributed by atoms with Crippen LogP contribution in [0, 0.1) is 0 Å². The molecule has 0 spiro atoms. The number of hydrogen-bond donors (Lipinski definition) is 4. The number of nitrogens with two attached hydrogens (primary N) is 2. The summed E-state index contributed by atoms with van der Waals surface area (Å²) in [5, 5.41) is 6.63. The summed E-state index contributed by atoms with van der Waals surface area (Å²) in [5.41, 5.74) is 15.7. The lowest BCUT2D eigenvalue weighted by molar-refractivity contribution is 0.100. The Hall–Kier alpha value is -2.71. The maximum absolute atomic E-state index is 11.8. The Bertz CT molecular complexity index is 972. The minimum atomic E-state index is -0.523. The van der Waals surface area contributed by atoms with Crippen LogP contribution in [-0.2, 0) is 0 Å². The summed E-state index contributed by atoms with van der Waals surface area (Å²) in [6.45, 7) is 0. The second-order valence-electron chi connectivity index (χ2n) is 6.82. The fourth-order valence-corrected chi connectivity index (χ4v) is 4.15. The van der Waals surface area contributed by atoms with Crippen molar-refractivity contribution < 1.29 is 4.79 Å². The molecule has 1 aliphatic rings. The Labute approximate surface area is 161 Å². The van der Waals surface area contributed by atoms with Crippen molar-refractivity contribution in [2.45, 2.75) is 37.8 Å². The van der Waals surface area contributed by atoms with Crippen LogP contribution in [0.15, 0.2) is 35.8 Å². The average Bonchev–Trinajstić information content (AvgIpc) is 3.11. The first kappa shape index (κ1) is 17.7. The molecule has 0 unspecified atom stereocenters. The molecule has 3 aromatic rings. The molecule has 1 aliphatic carbocycles. The molecule has 2 aromatic heterocycles. The standard InChI is InChI=1S/C19H22N6OS/c20-13-3-1-2-4-14(13)24-17-8-6-12(18(21)26)19(25-17)23-11-5-7-15-16(9-11)27-10-22-15/h5-10,13-14H,1-4,20H2,(H2,21,26)(H2,23,24,25)/t13-,14+/m0/s1. The molecule has 2 atom stereocenters. The summed E-state index contributed by atoms with van der Waals surface area (Å²) in [5.74, 6) is 0.592. The van der Waals surface area contributed by atoms with Crippen molar-refractivity contribution in [1.29, 1.82) is 0 Å². The number of aromatic nitrogens is 2. The van der Waals surface area contributed by atoms with E-state index in [1.165, 1.54) is 6.42 Å². The molecular formula is C19H22N6OS. The zero-order chi connectivity index (χ0) is 18.8. The van der Waals surface area contributed by atoms with Crippen molar-refractivity contribution in [3.05, 3.63) is 41.4 Å². The average molecular weight is 382 g/mol. The number of benzene rings is 1. The molecule has 0 saturated heterocycles. The summed E-state index contributed by atoms with van der Waals surface area (Å²) in [6, 6.07) is 9.59. The molecule has 0 bridgehead atoms. The first-order valence-corrected chi connectivity index (χ1v) is 9.91. The molecule has 2 heterocycles. The van der Waals surface area contributed by atoms with Gasteiger partial charge in [0.05, 0.1) is 21.3 Å². The zero-order valence-corrected chi connectivity index (χ0v) is 15.6. The highest BCUT2D eigenvalue weighted by atomic mass is 32.1. The number of pyridine rings is 1. The third-order valence-corrected chi connectivity index (χ3v) is 5.70. The van der Waals surface area contributed by atoms with Gasteiger partial charge in [0.25, 0.3) is 5.91 Å². The number of nitrogens with zero attached hydrogens (tertiary/aromatic N) is 2. The first-order chi connectivity index (χ1) is 13.1. The lowest BCUT2D eigenvalue weighted by Gasteiger charge is -2.29. The molecular weight excluding hydrogens is 360 g/mol. The van der Waals surface area contributed by atoms with Gasteiger partial charge in [-0.25, -0.2) is 9.97 Å². The number of rotatable bonds is 5. The second kappa shape index (κ2) is 7.50. The quantitative estimate of drug-likeness (QED) is 0.538. The highest BCUT2D eigenvalue weighted by Crippen LogP contribution is 2.27. The zero-order valence-electron chi connectivity index (χ0n) is 14.8. The third-order valence-electron chi connectivity index (χ3n) is 4.91. The number of anilines is 3. The topological polar surface area (TPSA) is 119 Å². The van der Waals surface area contributed by atoms with Gasteiger partial charge in [-0.1, -0.05) is 12.8 Å². The Morgan fingerprint density at radius 2 is 2.04 bits per heavy atom. The van der Waals surface area contributed by atoms with Gasteiger partial charge >= 0.3 is 0 Å². The van der Waals surface area contributed by atoms with E-state index in [-0.39, 0.29) is 12.1 Å². The lowest BCUT2D eigenvalue weighted by Crippen LogP contribution is -2.42. The normalized spacial score (nSPS) is 19.7. The summed E-state index contributed by atoms with van der Waals surface area (Å²) >= 11 is 1.56. The minimum Gasteiger partial charge on any atom is -0.366 e. The number of thiazole rings is 1. The van der Waals surface area contributed by atoms with Crippen molar-refractivity contribution in [3.63, 3.8) is 0 Å². The Balaban J connectivity index is 1.61. The van der Waals surface area contributed by atoms with Gasteiger partial charge in [-0.2, -0.15) is 0 Å². The van der Waals surface area contributed by atoms with Gasteiger partial charge in [0.1, 0.15) is 11.6 Å². The molecule has 1 saturated carbocycles. The minimum absolute atomic E-state index is 0.113. The van der Waals surface area contributed by atoms with Crippen LogP contribution in [0.5, 0.6) is 0 Å². The van der Waals surface area contributed by atoms with Gasteiger partial charge in [0.2, 0.25) is 0 Å². The van der Waals surface area contributed by atoms with Crippen molar-refractivity contribution in [3.8, 4) is 0 Å². The molecule has 27 heavy (non-hydrogen) atoms. The van der Waals surface area contributed by atoms with Crippen LogP contribution in [-0.4, -0.2) is 28.0 Å². The van der Waals surface area contributed by atoms with Gasteiger partial charge in [-0.15, -0.1) is 11.3 Å². The van der Waals surface area contributed by atoms with E-state index in [1.54, 1.807) is 29.0 Å². The maximum Gasteiger partial charge on any atom is 0.252 e. The number of nitrogens with one attached hydrogen (secondary N) is 2. The summed E-state index contributed by atoms with van der Waals surface area (Å²) in [4.78, 5) is 20.7. The van der Waals surface area contributed by atoms with Gasteiger partial charge in [0.15, 0.2) is 0 Å². The number of carbonyl (C=O) groups excluding carboxylic acids is 1. The Morgan fingerprint density at radius 1 is 1.19 bits per heavy atom. The smallest absolute Gasteiger partial charge is 0.252 e. The Morgan fingerprint density at radius 3 is 2.85 bits per heavy atom. The van der Waals surface area contributed by atoms with E-state index >= 15 is 0 Å². The molecule has 1 aromatic carbocycles. The van der Waals surface area contributed by atoms with Crippen LogP contribution >= 0.6 is 11.3 Å². The monoisotopic (exact) mass is 382 g/mol. The van der Waals surface area contributed by atoms with Crippen LogP contribution < -0.4 is 22.1 Å². The van der Waals surface area contributed by atoms with Gasteiger partial charge in [0, 0.05) is 17.8 Å². The van der Waals surface area contributed by atoms with Crippen LogP contribution in [0.2, 0.25) is 0 Å².